The molecule has 1 fully saturated rings. The summed E-state index contributed by atoms with van der Waals surface area (Å²) in [4.78, 5) is 26.2. The zero-order valence-electron chi connectivity index (χ0n) is 21.1. The van der Waals surface area contributed by atoms with Gasteiger partial charge < -0.3 is 8.83 Å². The summed E-state index contributed by atoms with van der Waals surface area (Å²) in [6.07, 6.45) is 0. The van der Waals surface area contributed by atoms with E-state index in [1.165, 1.54) is 30.3 Å². The third-order valence-electron chi connectivity index (χ3n) is 8.08. The van der Waals surface area contributed by atoms with Crippen molar-refractivity contribution in [2.75, 3.05) is 0 Å². The van der Waals surface area contributed by atoms with Gasteiger partial charge in [-0.1, -0.05) is 60.7 Å². The van der Waals surface area contributed by atoms with Gasteiger partial charge in [-0.25, -0.2) is 18.4 Å². The van der Waals surface area contributed by atoms with Gasteiger partial charge in [0.1, 0.15) is 22.8 Å². The summed E-state index contributed by atoms with van der Waals surface area (Å²) in [5.41, 5.74) is 2.35. The predicted octanol–water partition coefficient (Wildman–Crippen LogP) is 7.63. The van der Waals surface area contributed by atoms with Crippen molar-refractivity contribution < 1.29 is 17.6 Å². The Labute approximate surface area is 227 Å². The zero-order valence-corrected chi connectivity index (χ0v) is 21.1. The van der Waals surface area contributed by atoms with E-state index in [0.717, 1.165) is 10.8 Å². The zero-order chi connectivity index (χ0) is 27.4. The van der Waals surface area contributed by atoms with Crippen molar-refractivity contribution in [2.45, 2.75) is 23.7 Å². The van der Waals surface area contributed by atoms with E-state index >= 15 is 0 Å². The van der Waals surface area contributed by atoms with Gasteiger partial charge in [0.25, 0.3) is 0 Å². The molecule has 1 aliphatic carbocycles. The average molecular weight is 533 g/mol. The highest BCUT2D eigenvalue weighted by atomic mass is 19.1. The van der Waals surface area contributed by atoms with Crippen molar-refractivity contribution in [2.24, 2.45) is 0 Å². The van der Waals surface area contributed by atoms with E-state index in [0.29, 0.717) is 33.4 Å². The molecule has 40 heavy (non-hydrogen) atoms. The molecule has 1 aliphatic rings. The molecule has 4 aromatic carbocycles. The lowest BCUT2D eigenvalue weighted by Crippen LogP contribution is -2.42. The first-order chi connectivity index (χ1) is 19.5. The van der Waals surface area contributed by atoms with Gasteiger partial charge >= 0.3 is 11.3 Å². The Morgan fingerprint density at radius 3 is 1.80 bits per heavy atom. The molecule has 2 aromatic heterocycles. The lowest BCUT2D eigenvalue weighted by molar-refractivity contribution is 0.224. The van der Waals surface area contributed by atoms with E-state index in [2.05, 4.69) is 0 Å². The Morgan fingerprint density at radius 2 is 1.12 bits per heavy atom. The molecule has 0 spiro atoms. The molecule has 6 aromatic rings. The summed E-state index contributed by atoms with van der Waals surface area (Å²) in [5, 5.41) is 1.49. The minimum Gasteiger partial charge on any atom is -0.423 e. The van der Waals surface area contributed by atoms with Crippen molar-refractivity contribution in [1.82, 2.24) is 0 Å². The fraction of sp³-hybridized carbons (Fsp3) is 0.118. The maximum atomic E-state index is 14.6. The van der Waals surface area contributed by atoms with Crippen LogP contribution in [0.1, 0.15) is 45.9 Å². The van der Waals surface area contributed by atoms with E-state index < -0.39 is 46.6 Å². The molecule has 0 radical (unpaired) electrons. The first-order valence-corrected chi connectivity index (χ1v) is 13.0. The maximum absolute atomic E-state index is 14.6. The van der Waals surface area contributed by atoms with Gasteiger partial charge in [0.2, 0.25) is 0 Å². The third kappa shape index (κ3) is 3.95. The van der Waals surface area contributed by atoms with Crippen LogP contribution >= 0.6 is 0 Å². The van der Waals surface area contributed by atoms with Crippen LogP contribution in [-0.2, 0) is 0 Å². The van der Waals surface area contributed by atoms with Gasteiger partial charge in [0.15, 0.2) is 0 Å². The average Bonchev–Trinajstić information content (AvgIpc) is 2.93. The monoisotopic (exact) mass is 532 g/mol. The summed E-state index contributed by atoms with van der Waals surface area (Å²) < 4.78 is 40.5. The first kappa shape index (κ1) is 24.2. The number of rotatable bonds is 4. The normalized spacial score (nSPS) is 20.4. The highest BCUT2D eigenvalue weighted by Gasteiger charge is 2.54. The second-order valence-corrected chi connectivity index (χ2v) is 10.3. The van der Waals surface area contributed by atoms with E-state index in [4.69, 9.17) is 8.83 Å². The van der Waals surface area contributed by atoms with E-state index in [-0.39, 0.29) is 0 Å². The number of para-hydroxylation sites is 2. The summed E-state index contributed by atoms with van der Waals surface area (Å²) in [6, 6.07) is 30.3. The quantitative estimate of drug-likeness (QED) is 0.219. The van der Waals surface area contributed by atoms with Crippen molar-refractivity contribution in [3.05, 3.63) is 164 Å². The van der Waals surface area contributed by atoms with Crippen molar-refractivity contribution in [3.8, 4) is 0 Å². The molecular weight excluding hydrogens is 510 g/mol. The Morgan fingerprint density at radius 1 is 0.525 bits per heavy atom. The fourth-order valence-electron chi connectivity index (χ4n) is 6.50. The SMILES string of the molecule is O=c1cc(C2C(c3cccc(F)c3)C(c3cc4ccccc4oc3=O)C2c2cccc(F)c2)c2ccccc2o1. The van der Waals surface area contributed by atoms with E-state index in [1.54, 1.807) is 36.4 Å². The van der Waals surface area contributed by atoms with Crippen LogP contribution in [0.15, 0.2) is 128 Å². The van der Waals surface area contributed by atoms with Gasteiger partial charge in [-0.3, -0.25) is 0 Å². The molecule has 0 N–H and O–H groups in total. The van der Waals surface area contributed by atoms with Crippen LogP contribution in [0.4, 0.5) is 8.78 Å². The molecule has 2 unspecified atom stereocenters. The Kier molecular flexibility index (Phi) is 5.70. The van der Waals surface area contributed by atoms with Crippen LogP contribution < -0.4 is 11.3 Å². The van der Waals surface area contributed by atoms with Gasteiger partial charge in [0, 0.05) is 28.3 Å². The van der Waals surface area contributed by atoms with E-state index in [9.17, 15) is 18.4 Å². The second kappa shape index (κ2) is 9.42. The van der Waals surface area contributed by atoms with Crippen LogP contribution in [0.5, 0.6) is 0 Å². The van der Waals surface area contributed by atoms with Crippen molar-refractivity contribution in [1.29, 1.82) is 0 Å². The van der Waals surface area contributed by atoms with Gasteiger partial charge in [0.05, 0.1) is 0 Å². The van der Waals surface area contributed by atoms with Crippen LogP contribution in [0.2, 0.25) is 0 Å². The molecule has 6 heteroatoms. The Bertz CT molecular complexity index is 1970. The Balaban J connectivity index is 1.53. The predicted molar refractivity (Wildman–Crippen MR) is 149 cm³/mol. The van der Waals surface area contributed by atoms with Crippen LogP contribution in [-0.4, -0.2) is 0 Å². The summed E-state index contributed by atoms with van der Waals surface area (Å²) in [6.45, 7) is 0. The topological polar surface area (TPSA) is 60.4 Å². The molecule has 7 rings (SSSR count). The minimum absolute atomic E-state index is 0.395. The molecule has 0 saturated heterocycles. The molecule has 2 atom stereocenters. The molecule has 0 amide bonds. The largest absolute Gasteiger partial charge is 0.423 e. The molecule has 196 valence electrons. The lowest BCUT2D eigenvalue weighted by atomic mass is 9.49. The summed E-state index contributed by atoms with van der Waals surface area (Å²) in [7, 11) is 0. The van der Waals surface area contributed by atoms with Crippen LogP contribution in [0, 0.1) is 11.6 Å². The molecule has 0 aliphatic heterocycles. The number of benzene rings is 4. The van der Waals surface area contributed by atoms with Crippen molar-refractivity contribution >= 4 is 21.9 Å². The number of hydrogen-bond donors (Lipinski definition) is 0. The first-order valence-electron chi connectivity index (χ1n) is 13.0. The van der Waals surface area contributed by atoms with E-state index in [1.807, 2.05) is 42.5 Å². The Hall–Kier alpha value is -4.84. The number of halogens is 2. The molecule has 4 nitrogen and oxygen atoms in total. The van der Waals surface area contributed by atoms with Crippen LogP contribution in [0.3, 0.4) is 0 Å². The summed E-state index contributed by atoms with van der Waals surface area (Å²) in [5.74, 6) is -2.54. The highest BCUT2D eigenvalue weighted by molar-refractivity contribution is 5.82. The molecule has 2 heterocycles. The smallest absolute Gasteiger partial charge is 0.339 e. The van der Waals surface area contributed by atoms with Gasteiger partial charge in [-0.15, -0.1) is 0 Å². The lowest BCUT2D eigenvalue weighted by Gasteiger charge is -2.53. The maximum Gasteiger partial charge on any atom is 0.339 e. The minimum atomic E-state index is -0.515. The third-order valence-corrected chi connectivity index (χ3v) is 8.08. The highest BCUT2D eigenvalue weighted by Crippen LogP contribution is 2.66. The van der Waals surface area contributed by atoms with Gasteiger partial charge in [-0.2, -0.15) is 0 Å². The molecule has 1 saturated carbocycles. The molecular formula is C34H22F2O4. The van der Waals surface area contributed by atoms with Gasteiger partial charge in [-0.05, 0) is 76.9 Å². The number of fused-ring (bicyclic) bond motifs is 2. The second-order valence-electron chi connectivity index (χ2n) is 10.3. The molecule has 0 bridgehead atoms. The van der Waals surface area contributed by atoms with Crippen LogP contribution in [0.25, 0.3) is 21.9 Å². The number of hydrogen-bond acceptors (Lipinski definition) is 4. The fourth-order valence-corrected chi connectivity index (χ4v) is 6.50. The van der Waals surface area contributed by atoms with Crippen molar-refractivity contribution in [3.63, 3.8) is 0 Å². The standard InChI is InChI=1S/C34H22F2O4/c35-22-10-5-8-20(15-22)30-32(25-18-29(37)39-28-14-4-2-12-24(25)28)31(21-9-6-11-23(36)16-21)33(30)26-17-19-7-1-3-13-27(19)40-34(26)38/h1-18,30-33H. The summed E-state index contributed by atoms with van der Waals surface area (Å²) >= 11 is 0.